The Kier molecular flexibility index (Phi) is 3.70. The molecule has 1 aromatic heterocycles. The maximum Gasteiger partial charge on any atom is 0.291 e. The standard InChI is InChI=1S/C16H19N5O2/c22-16(19-13-9-23-14-6-2-1-5-12(13)14)15-18-10-21(20-15)11-4-3-7-17-8-11/h1-2,5-6,10-11,13,17H,3-4,7-9H2,(H,19,22)/t11-,13-/m1/s1. The highest BCUT2D eigenvalue weighted by atomic mass is 16.5. The maximum absolute atomic E-state index is 12.4. The van der Waals surface area contributed by atoms with Gasteiger partial charge in [-0.25, -0.2) is 9.67 Å². The highest BCUT2D eigenvalue weighted by Crippen LogP contribution is 2.31. The SMILES string of the molecule is O=C(N[C@@H]1COc2ccccc21)c1ncn([C@@H]2CCCNC2)n1. The summed E-state index contributed by atoms with van der Waals surface area (Å²) in [5.41, 5.74) is 0.997. The summed E-state index contributed by atoms with van der Waals surface area (Å²) in [7, 11) is 0. The van der Waals surface area contributed by atoms with Crippen molar-refractivity contribution in [3.8, 4) is 5.75 Å². The average molecular weight is 313 g/mol. The molecule has 2 aromatic rings. The van der Waals surface area contributed by atoms with Gasteiger partial charge in [0.15, 0.2) is 0 Å². The van der Waals surface area contributed by atoms with Crippen LogP contribution >= 0.6 is 0 Å². The predicted octanol–water partition coefficient (Wildman–Crippen LogP) is 1.07. The van der Waals surface area contributed by atoms with E-state index in [9.17, 15) is 4.79 Å². The van der Waals surface area contributed by atoms with Gasteiger partial charge in [-0.1, -0.05) is 18.2 Å². The number of ether oxygens (including phenoxy) is 1. The molecular weight excluding hydrogens is 294 g/mol. The fourth-order valence-electron chi connectivity index (χ4n) is 3.12. The Labute approximate surface area is 134 Å². The van der Waals surface area contributed by atoms with Gasteiger partial charge in [-0.2, -0.15) is 0 Å². The van der Waals surface area contributed by atoms with Crippen molar-refractivity contribution in [1.82, 2.24) is 25.4 Å². The number of para-hydroxylation sites is 1. The van der Waals surface area contributed by atoms with E-state index in [2.05, 4.69) is 20.7 Å². The van der Waals surface area contributed by atoms with Crippen LogP contribution in [-0.2, 0) is 0 Å². The van der Waals surface area contributed by atoms with Gasteiger partial charge in [0.1, 0.15) is 18.7 Å². The van der Waals surface area contributed by atoms with Crippen LogP contribution < -0.4 is 15.4 Å². The molecule has 1 saturated heterocycles. The van der Waals surface area contributed by atoms with Crippen LogP contribution in [0.3, 0.4) is 0 Å². The Hall–Kier alpha value is -2.41. The fourth-order valence-corrected chi connectivity index (χ4v) is 3.12. The Balaban J connectivity index is 1.45. The zero-order valence-corrected chi connectivity index (χ0v) is 12.7. The summed E-state index contributed by atoms with van der Waals surface area (Å²) in [6, 6.07) is 7.85. The second kappa shape index (κ2) is 6.00. The van der Waals surface area contributed by atoms with Crippen LogP contribution in [0.5, 0.6) is 5.75 Å². The van der Waals surface area contributed by atoms with E-state index in [1.54, 1.807) is 11.0 Å². The summed E-state index contributed by atoms with van der Waals surface area (Å²) >= 11 is 0. The van der Waals surface area contributed by atoms with Crippen LogP contribution in [0.1, 0.15) is 41.1 Å². The number of amides is 1. The number of rotatable bonds is 3. The third kappa shape index (κ3) is 2.79. The molecule has 2 N–H and O–H groups in total. The number of nitrogens with one attached hydrogen (secondary N) is 2. The zero-order valence-electron chi connectivity index (χ0n) is 12.7. The van der Waals surface area contributed by atoms with Crippen molar-refractivity contribution in [1.29, 1.82) is 0 Å². The number of nitrogens with zero attached hydrogens (tertiary/aromatic N) is 3. The molecule has 0 saturated carbocycles. The molecule has 7 heteroatoms. The minimum absolute atomic E-state index is 0.151. The first kappa shape index (κ1) is 14.2. The lowest BCUT2D eigenvalue weighted by molar-refractivity contribution is 0.0919. The molecule has 0 radical (unpaired) electrons. The monoisotopic (exact) mass is 313 g/mol. The van der Waals surface area contributed by atoms with Crippen molar-refractivity contribution >= 4 is 5.91 Å². The second-order valence-electron chi connectivity index (χ2n) is 5.92. The number of hydrogen-bond donors (Lipinski definition) is 2. The smallest absolute Gasteiger partial charge is 0.291 e. The summed E-state index contributed by atoms with van der Waals surface area (Å²) in [5.74, 6) is 0.766. The molecule has 23 heavy (non-hydrogen) atoms. The molecule has 120 valence electrons. The van der Waals surface area contributed by atoms with Crippen molar-refractivity contribution in [2.24, 2.45) is 0 Å². The number of benzene rings is 1. The molecule has 0 bridgehead atoms. The molecule has 4 rings (SSSR count). The summed E-state index contributed by atoms with van der Waals surface area (Å²) in [4.78, 5) is 16.5. The van der Waals surface area contributed by atoms with Gasteiger partial charge in [0, 0.05) is 12.1 Å². The molecule has 0 spiro atoms. The number of carbonyl (C=O) groups excluding carboxylic acids is 1. The van der Waals surface area contributed by atoms with E-state index in [0.29, 0.717) is 6.61 Å². The lowest BCUT2D eigenvalue weighted by atomic mass is 10.1. The van der Waals surface area contributed by atoms with Gasteiger partial charge in [-0.3, -0.25) is 4.79 Å². The third-order valence-corrected chi connectivity index (χ3v) is 4.36. The molecule has 2 aliphatic rings. The molecule has 0 aliphatic carbocycles. The number of aromatic nitrogens is 3. The lowest BCUT2D eigenvalue weighted by Crippen LogP contribution is -2.32. The first-order valence-corrected chi connectivity index (χ1v) is 7.96. The highest BCUT2D eigenvalue weighted by molar-refractivity contribution is 5.90. The van der Waals surface area contributed by atoms with Crippen LogP contribution in [0.2, 0.25) is 0 Å². The molecular formula is C16H19N5O2. The second-order valence-corrected chi connectivity index (χ2v) is 5.92. The fraction of sp³-hybridized carbons (Fsp3) is 0.438. The summed E-state index contributed by atoms with van der Waals surface area (Å²) < 4.78 is 7.37. The van der Waals surface area contributed by atoms with E-state index < -0.39 is 0 Å². The van der Waals surface area contributed by atoms with Crippen molar-refractivity contribution in [2.45, 2.75) is 24.9 Å². The van der Waals surface area contributed by atoms with Crippen LogP contribution in [0.15, 0.2) is 30.6 Å². The van der Waals surface area contributed by atoms with E-state index in [1.165, 1.54) is 0 Å². The molecule has 1 fully saturated rings. The van der Waals surface area contributed by atoms with Crippen LogP contribution in [0.25, 0.3) is 0 Å². The largest absolute Gasteiger partial charge is 0.491 e. The Bertz CT molecular complexity index is 708. The van der Waals surface area contributed by atoms with Crippen LogP contribution in [0.4, 0.5) is 0 Å². The van der Waals surface area contributed by atoms with Gasteiger partial charge >= 0.3 is 0 Å². The van der Waals surface area contributed by atoms with Gasteiger partial charge in [0.2, 0.25) is 5.82 Å². The van der Waals surface area contributed by atoms with E-state index >= 15 is 0 Å². The normalized spacial score (nSPS) is 23.1. The van der Waals surface area contributed by atoms with Gasteiger partial charge in [0.25, 0.3) is 5.91 Å². The minimum atomic E-state index is -0.266. The number of piperidine rings is 1. The van der Waals surface area contributed by atoms with E-state index in [1.807, 2.05) is 24.3 Å². The van der Waals surface area contributed by atoms with Gasteiger partial charge in [-0.15, -0.1) is 5.10 Å². The minimum Gasteiger partial charge on any atom is -0.491 e. The first-order chi connectivity index (χ1) is 11.3. The van der Waals surface area contributed by atoms with Gasteiger partial charge in [-0.05, 0) is 25.5 Å². The predicted molar refractivity (Wildman–Crippen MR) is 83.3 cm³/mol. The molecule has 1 aromatic carbocycles. The average Bonchev–Trinajstić information content (AvgIpc) is 3.24. The molecule has 7 nitrogen and oxygen atoms in total. The van der Waals surface area contributed by atoms with E-state index in [4.69, 9.17) is 4.74 Å². The van der Waals surface area contributed by atoms with Gasteiger partial charge < -0.3 is 15.4 Å². The number of fused-ring (bicyclic) bond motifs is 1. The summed E-state index contributed by atoms with van der Waals surface area (Å²) in [5, 5.41) is 10.6. The van der Waals surface area contributed by atoms with E-state index in [0.717, 1.165) is 37.2 Å². The van der Waals surface area contributed by atoms with Crippen molar-refractivity contribution in [3.63, 3.8) is 0 Å². The van der Waals surface area contributed by atoms with Crippen LogP contribution in [0, 0.1) is 0 Å². The zero-order chi connectivity index (χ0) is 15.6. The Morgan fingerprint density at radius 3 is 3.17 bits per heavy atom. The van der Waals surface area contributed by atoms with E-state index in [-0.39, 0.29) is 23.8 Å². The molecule has 3 heterocycles. The Morgan fingerprint density at radius 1 is 1.39 bits per heavy atom. The molecule has 2 aliphatic heterocycles. The molecule has 2 atom stereocenters. The third-order valence-electron chi connectivity index (χ3n) is 4.36. The van der Waals surface area contributed by atoms with Crippen molar-refractivity contribution in [2.75, 3.05) is 19.7 Å². The van der Waals surface area contributed by atoms with Crippen molar-refractivity contribution < 1.29 is 9.53 Å². The van der Waals surface area contributed by atoms with Crippen molar-refractivity contribution in [3.05, 3.63) is 42.0 Å². The first-order valence-electron chi connectivity index (χ1n) is 7.96. The van der Waals surface area contributed by atoms with Gasteiger partial charge in [0.05, 0.1) is 12.1 Å². The number of hydrogen-bond acceptors (Lipinski definition) is 5. The topological polar surface area (TPSA) is 81.1 Å². The quantitative estimate of drug-likeness (QED) is 0.886. The lowest BCUT2D eigenvalue weighted by Gasteiger charge is -2.22. The summed E-state index contributed by atoms with van der Waals surface area (Å²) in [6.45, 7) is 2.35. The highest BCUT2D eigenvalue weighted by Gasteiger charge is 2.27. The van der Waals surface area contributed by atoms with Crippen LogP contribution in [-0.4, -0.2) is 40.4 Å². The molecule has 1 amide bonds. The maximum atomic E-state index is 12.4. The molecule has 0 unspecified atom stereocenters. The number of carbonyl (C=O) groups is 1. The Morgan fingerprint density at radius 2 is 2.30 bits per heavy atom. The summed E-state index contributed by atoms with van der Waals surface area (Å²) in [6.07, 6.45) is 3.81.